The summed E-state index contributed by atoms with van der Waals surface area (Å²) in [5.74, 6) is 1.60. The first-order valence-corrected chi connectivity index (χ1v) is 7.71. The van der Waals surface area contributed by atoms with Crippen LogP contribution >= 0.6 is 24.0 Å². The highest BCUT2D eigenvalue weighted by Crippen LogP contribution is 2.14. The van der Waals surface area contributed by atoms with E-state index in [0.717, 1.165) is 30.9 Å². The molecular formula is C16H29IN4O. The largest absolute Gasteiger partial charge is 0.477 e. The molecule has 0 aromatic carbocycles. The molecule has 1 N–H and O–H groups in total. The molecule has 0 fully saturated rings. The Balaban J connectivity index is 0.00000441. The normalized spacial score (nSPS) is 10.8. The Kier molecular flexibility index (Phi) is 11.9. The molecule has 0 amide bonds. The van der Waals surface area contributed by atoms with Gasteiger partial charge < -0.3 is 15.0 Å². The lowest BCUT2D eigenvalue weighted by atomic mass is 10.2. The van der Waals surface area contributed by atoms with Crippen molar-refractivity contribution >= 4 is 29.9 Å². The molecule has 0 radical (unpaired) electrons. The molecule has 5 nitrogen and oxygen atoms in total. The number of nitrogens with one attached hydrogen (secondary N) is 1. The van der Waals surface area contributed by atoms with E-state index in [1.165, 1.54) is 6.42 Å². The highest BCUT2D eigenvalue weighted by atomic mass is 127. The van der Waals surface area contributed by atoms with Gasteiger partial charge in [0.2, 0.25) is 5.88 Å². The maximum atomic E-state index is 5.67. The van der Waals surface area contributed by atoms with Crippen LogP contribution in [0.5, 0.6) is 5.88 Å². The minimum Gasteiger partial charge on any atom is -0.477 e. The smallest absolute Gasteiger partial charge is 0.218 e. The molecule has 0 saturated heterocycles. The van der Waals surface area contributed by atoms with Crippen LogP contribution in [0.15, 0.2) is 23.3 Å². The summed E-state index contributed by atoms with van der Waals surface area (Å²) in [6.45, 7) is 6.63. The SMILES string of the molecule is CCCCN(C)C(=NC)NCc1cccnc1OCCC.I. The van der Waals surface area contributed by atoms with Gasteiger partial charge in [-0.2, -0.15) is 0 Å². The fraction of sp³-hybridized carbons (Fsp3) is 0.625. The quantitative estimate of drug-likeness (QED) is 0.399. The van der Waals surface area contributed by atoms with Crippen molar-refractivity contribution in [3.05, 3.63) is 23.9 Å². The van der Waals surface area contributed by atoms with E-state index in [4.69, 9.17) is 4.74 Å². The molecule has 0 aliphatic rings. The van der Waals surface area contributed by atoms with Crippen molar-refractivity contribution < 1.29 is 4.74 Å². The van der Waals surface area contributed by atoms with Crippen molar-refractivity contribution in [1.29, 1.82) is 0 Å². The number of aromatic nitrogens is 1. The molecule has 0 bridgehead atoms. The first-order chi connectivity index (χ1) is 10.2. The summed E-state index contributed by atoms with van der Waals surface area (Å²) in [5, 5.41) is 3.37. The Morgan fingerprint density at radius 3 is 2.77 bits per heavy atom. The predicted octanol–water partition coefficient (Wildman–Crippen LogP) is 3.30. The summed E-state index contributed by atoms with van der Waals surface area (Å²) in [4.78, 5) is 10.8. The average Bonchev–Trinajstić information content (AvgIpc) is 2.52. The molecular weight excluding hydrogens is 391 g/mol. The van der Waals surface area contributed by atoms with E-state index in [9.17, 15) is 0 Å². The number of hydrogen-bond acceptors (Lipinski definition) is 3. The van der Waals surface area contributed by atoms with Crippen LogP contribution in [0, 0.1) is 0 Å². The molecule has 0 saturated carbocycles. The second kappa shape index (κ2) is 12.5. The number of rotatable bonds is 8. The van der Waals surface area contributed by atoms with Gasteiger partial charge in [-0.05, 0) is 18.9 Å². The van der Waals surface area contributed by atoms with E-state index in [1.54, 1.807) is 6.20 Å². The van der Waals surface area contributed by atoms with Crippen LogP contribution in [-0.2, 0) is 6.54 Å². The number of pyridine rings is 1. The summed E-state index contributed by atoms with van der Waals surface area (Å²) < 4.78 is 5.67. The second-order valence-corrected chi connectivity index (χ2v) is 4.99. The average molecular weight is 420 g/mol. The van der Waals surface area contributed by atoms with Crippen LogP contribution in [-0.4, -0.2) is 43.1 Å². The zero-order valence-corrected chi connectivity index (χ0v) is 16.5. The molecule has 126 valence electrons. The molecule has 22 heavy (non-hydrogen) atoms. The number of guanidine groups is 1. The van der Waals surface area contributed by atoms with Crippen LogP contribution < -0.4 is 10.1 Å². The Labute approximate surface area is 151 Å². The van der Waals surface area contributed by atoms with E-state index in [0.29, 0.717) is 19.0 Å². The number of aliphatic imine (C=N–C) groups is 1. The van der Waals surface area contributed by atoms with E-state index >= 15 is 0 Å². The number of halogens is 1. The van der Waals surface area contributed by atoms with Crippen LogP contribution in [0.1, 0.15) is 38.7 Å². The maximum absolute atomic E-state index is 5.67. The van der Waals surface area contributed by atoms with Gasteiger partial charge in [-0.25, -0.2) is 4.98 Å². The number of ether oxygens (including phenoxy) is 1. The minimum atomic E-state index is 0. The molecule has 1 rings (SSSR count). The molecule has 1 aromatic rings. The van der Waals surface area contributed by atoms with Crippen LogP contribution in [0.2, 0.25) is 0 Å². The second-order valence-electron chi connectivity index (χ2n) is 4.99. The van der Waals surface area contributed by atoms with Crippen molar-refractivity contribution in [2.24, 2.45) is 4.99 Å². The Morgan fingerprint density at radius 2 is 2.14 bits per heavy atom. The highest BCUT2D eigenvalue weighted by Gasteiger charge is 2.08. The lowest BCUT2D eigenvalue weighted by molar-refractivity contribution is 0.301. The van der Waals surface area contributed by atoms with Gasteiger partial charge in [0.05, 0.1) is 6.61 Å². The molecule has 6 heteroatoms. The summed E-state index contributed by atoms with van der Waals surface area (Å²) in [6.07, 6.45) is 5.08. The van der Waals surface area contributed by atoms with Crippen molar-refractivity contribution in [1.82, 2.24) is 15.2 Å². The zero-order chi connectivity index (χ0) is 15.5. The van der Waals surface area contributed by atoms with Gasteiger partial charge in [0.1, 0.15) is 0 Å². The van der Waals surface area contributed by atoms with Gasteiger partial charge in [-0.15, -0.1) is 24.0 Å². The van der Waals surface area contributed by atoms with E-state index < -0.39 is 0 Å². The van der Waals surface area contributed by atoms with E-state index in [-0.39, 0.29) is 24.0 Å². The van der Waals surface area contributed by atoms with Gasteiger partial charge in [0.15, 0.2) is 5.96 Å². The number of hydrogen-bond donors (Lipinski definition) is 1. The van der Waals surface area contributed by atoms with Crippen molar-refractivity contribution in [3.63, 3.8) is 0 Å². The third-order valence-electron chi connectivity index (χ3n) is 3.15. The number of unbranched alkanes of at least 4 members (excludes halogenated alkanes) is 1. The van der Waals surface area contributed by atoms with Crippen LogP contribution in [0.4, 0.5) is 0 Å². The van der Waals surface area contributed by atoms with E-state index in [1.807, 2.05) is 19.2 Å². The van der Waals surface area contributed by atoms with Crippen molar-refractivity contribution in [3.8, 4) is 5.88 Å². The maximum Gasteiger partial charge on any atom is 0.218 e. The summed E-state index contributed by atoms with van der Waals surface area (Å²) >= 11 is 0. The lowest BCUT2D eigenvalue weighted by Gasteiger charge is -2.22. The van der Waals surface area contributed by atoms with Gasteiger partial charge in [0.25, 0.3) is 0 Å². The third-order valence-corrected chi connectivity index (χ3v) is 3.15. The molecule has 1 heterocycles. The standard InChI is InChI=1S/C16H28N4O.HI/c1-5-7-11-20(4)16(17-3)19-13-14-9-8-10-18-15(14)21-12-6-2;/h8-10H,5-7,11-13H2,1-4H3,(H,17,19);1H. The fourth-order valence-electron chi connectivity index (χ4n) is 1.95. The molecule has 0 atom stereocenters. The molecule has 1 aromatic heterocycles. The Bertz CT molecular complexity index is 440. The van der Waals surface area contributed by atoms with Gasteiger partial charge in [-0.1, -0.05) is 26.3 Å². The molecule has 0 spiro atoms. The number of nitrogens with zero attached hydrogens (tertiary/aromatic N) is 3. The first-order valence-electron chi connectivity index (χ1n) is 7.71. The van der Waals surface area contributed by atoms with Gasteiger partial charge in [0, 0.05) is 38.9 Å². The molecule has 0 aliphatic carbocycles. The van der Waals surface area contributed by atoms with Crippen LogP contribution in [0.25, 0.3) is 0 Å². The lowest BCUT2D eigenvalue weighted by Crippen LogP contribution is -2.39. The Morgan fingerprint density at radius 1 is 1.36 bits per heavy atom. The van der Waals surface area contributed by atoms with Gasteiger partial charge >= 0.3 is 0 Å². The minimum absolute atomic E-state index is 0. The van der Waals surface area contributed by atoms with E-state index in [2.05, 4.69) is 41.1 Å². The molecule has 0 aliphatic heterocycles. The highest BCUT2D eigenvalue weighted by molar-refractivity contribution is 14.0. The van der Waals surface area contributed by atoms with Crippen molar-refractivity contribution in [2.75, 3.05) is 27.2 Å². The first kappa shape index (κ1) is 20.9. The summed E-state index contributed by atoms with van der Waals surface area (Å²) in [6, 6.07) is 3.96. The van der Waals surface area contributed by atoms with Crippen molar-refractivity contribution in [2.45, 2.75) is 39.7 Å². The summed E-state index contributed by atoms with van der Waals surface area (Å²) in [7, 11) is 3.87. The Hall–Kier alpha value is -1.05. The van der Waals surface area contributed by atoms with Crippen LogP contribution in [0.3, 0.4) is 0 Å². The predicted molar refractivity (Wildman–Crippen MR) is 103 cm³/mol. The van der Waals surface area contributed by atoms with Gasteiger partial charge in [-0.3, -0.25) is 4.99 Å². The summed E-state index contributed by atoms with van der Waals surface area (Å²) in [5.41, 5.74) is 1.05. The third kappa shape index (κ3) is 7.29. The zero-order valence-electron chi connectivity index (χ0n) is 14.1. The fourth-order valence-corrected chi connectivity index (χ4v) is 1.95. The monoisotopic (exact) mass is 420 g/mol. The topological polar surface area (TPSA) is 49.8 Å². The molecule has 0 unspecified atom stereocenters.